The first-order chi connectivity index (χ1) is 13.3. The number of carbonyl (C=O) groups is 2. The van der Waals surface area contributed by atoms with Crippen molar-refractivity contribution in [1.29, 1.82) is 0 Å². The number of benzene rings is 2. The minimum absolute atomic E-state index is 0.227. The summed E-state index contributed by atoms with van der Waals surface area (Å²) in [5.41, 5.74) is 1.47. The van der Waals surface area contributed by atoms with E-state index in [4.69, 9.17) is 11.6 Å². The van der Waals surface area contributed by atoms with Crippen molar-refractivity contribution in [2.45, 2.75) is 13.8 Å². The van der Waals surface area contributed by atoms with E-state index in [1.54, 1.807) is 55.5 Å². The highest BCUT2D eigenvalue weighted by Crippen LogP contribution is 2.16. The molecular formula is C20H17ClN4O3. The Labute approximate surface area is 166 Å². The minimum Gasteiger partial charge on any atom is -0.326 e. The number of halogens is 1. The van der Waals surface area contributed by atoms with Crippen LogP contribution >= 0.6 is 11.6 Å². The third-order valence-electron chi connectivity index (χ3n) is 3.83. The van der Waals surface area contributed by atoms with Crippen molar-refractivity contribution in [3.63, 3.8) is 0 Å². The van der Waals surface area contributed by atoms with E-state index in [-0.39, 0.29) is 11.6 Å². The second-order valence-electron chi connectivity index (χ2n) is 6.10. The van der Waals surface area contributed by atoms with E-state index in [1.165, 1.54) is 17.7 Å². The molecule has 0 radical (unpaired) electrons. The van der Waals surface area contributed by atoms with Gasteiger partial charge in [-0.1, -0.05) is 17.7 Å². The highest BCUT2D eigenvalue weighted by atomic mass is 35.5. The van der Waals surface area contributed by atoms with Crippen molar-refractivity contribution in [2.75, 3.05) is 10.6 Å². The summed E-state index contributed by atoms with van der Waals surface area (Å²) in [6.45, 7) is 3.11. The summed E-state index contributed by atoms with van der Waals surface area (Å²) in [5, 5.41) is 10.0. The van der Waals surface area contributed by atoms with Crippen molar-refractivity contribution in [3.05, 3.63) is 81.2 Å². The number of rotatable bonds is 4. The minimum atomic E-state index is -0.646. The number of amides is 2. The van der Waals surface area contributed by atoms with Gasteiger partial charge in [-0.2, -0.15) is 5.10 Å². The number of hydrogen-bond acceptors (Lipinski definition) is 4. The van der Waals surface area contributed by atoms with Gasteiger partial charge in [-0.15, -0.1) is 0 Å². The number of nitrogens with one attached hydrogen (secondary N) is 2. The fourth-order valence-corrected chi connectivity index (χ4v) is 2.74. The number of aromatic nitrogens is 2. The molecule has 1 aromatic heterocycles. The number of nitrogens with zero attached hydrogens (tertiary/aromatic N) is 2. The summed E-state index contributed by atoms with van der Waals surface area (Å²) in [5.74, 6) is -0.873. The monoisotopic (exact) mass is 396 g/mol. The summed E-state index contributed by atoms with van der Waals surface area (Å²) in [7, 11) is 0. The molecule has 2 N–H and O–H groups in total. The van der Waals surface area contributed by atoms with Crippen LogP contribution in [0.4, 0.5) is 11.4 Å². The first-order valence-corrected chi connectivity index (χ1v) is 8.77. The van der Waals surface area contributed by atoms with Crippen LogP contribution in [-0.4, -0.2) is 21.6 Å². The van der Waals surface area contributed by atoms with Crippen molar-refractivity contribution in [1.82, 2.24) is 9.78 Å². The molecule has 3 aromatic rings. The Morgan fingerprint density at radius 2 is 1.64 bits per heavy atom. The predicted molar refractivity (Wildman–Crippen MR) is 108 cm³/mol. The smallest absolute Gasteiger partial charge is 0.280 e. The first-order valence-electron chi connectivity index (χ1n) is 8.39. The molecule has 0 atom stereocenters. The molecule has 0 aliphatic carbocycles. The number of anilines is 2. The van der Waals surface area contributed by atoms with Gasteiger partial charge in [-0.3, -0.25) is 14.4 Å². The topological polar surface area (TPSA) is 93.1 Å². The lowest BCUT2D eigenvalue weighted by Crippen LogP contribution is -2.26. The predicted octanol–water partition coefficient (Wildman–Crippen LogP) is 3.41. The Hall–Kier alpha value is -3.45. The molecule has 0 aliphatic rings. The second kappa shape index (κ2) is 8.06. The van der Waals surface area contributed by atoms with E-state index in [9.17, 15) is 14.4 Å². The lowest BCUT2D eigenvalue weighted by atomic mass is 10.2. The Kier molecular flexibility index (Phi) is 5.56. The second-order valence-corrected chi connectivity index (χ2v) is 6.54. The lowest BCUT2D eigenvalue weighted by Gasteiger charge is -2.12. The molecule has 0 fully saturated rings. The Balaban J connectivity index is 1.92. The Morgan fingerprint density at radius 3 is 2.29 bits per heavy atom. The lowest BCUT2D eigenvalue weighted by molar-refractivity contribution is -0.114. The molecule has 8 heteroatoms. The van der Waals surface area contributed by atoms with E-state index in [2.05, 4.69) is 15.7 Å². The average Bonchev–Trinajstić information content (AvgIpc) is 2.62. The maximum Gasteiger partial charge on any atom is 0.280 e. The maximum atomic E-state index is 12.6. The fourth-order valence-electron chi connectivity index (χ4n) is 2.62. The van der Waals surface area contributed by atoms with E-state index in [0.717, 1.165) is 0 Å². The van der Waals surface area contributed by atoms with Crippen LogP contribution < -0.4 is 16.1 Å². The van der Waals surface area contributed by atoms with Crippen LogP contribution in [-0.2, 0) is 4.79 Å². The van der Waals surface area contributed by atoms with Gasteiger partial charge in [-0.25, -0.2) is 4.68 Å². The summed E-state index contributed by atoms with van der Waals surface area (Å²) >= 11 is 5.91. The highest BCUT2D eigenvalue weighted by molar-refractivity contribution is 6.30. The van der Waals surface area contributed by atoms with Crippen LogP contribution in [0.25, 0.3) is 5.69 Å². The Morgan fingerprint density at radius 1 is 1.00 bits per heavy atom. The van der Waals surface area contributed by atoms with Crippen LogP contribution in [0.1, 0.15) is 23.1 Å². The molecule has 0 bridgehead atoms. The van der Waals surface area contributed by atoms with Crippen molar-refractivity contribution < 1.29 is 9.59 Å². The van der Waals surface area contributed by atoms with Gasteiger partial charge in [-0.05, 0) is 49.4 Å². The Bertz CT molecular complexity index is 1110. The fraction of sp³-hybridized carbons (Fsp3) is 0.100. The van der Waals surface area contributed by atoms with Crippen LogP contribution in [0.5, 0.6) is 0 Å². The van der Waals surface area contributed by atoms with Gasteiger partial charge in [0.2, 0.25) is 11.3 Å². The standard InChI is InChI=1S/C20H17ClN4O3/c1-12-10-18(27)19(24-25(12)17-8-6-14(21)7-9-17)20(28)23-16-5-3-4-15(11-16)22-13(2)26/h3-11H,1-2H3,(H,22,26)(H,23,28). The summed E-state index contributed by atoms with van der Waals surface area (Å²) in [4.78, 5) is 36.1. The van der Waals surface area contributed by atoms with E-state index in [1.807, 2.05) is 0 Å². The molecule has 142 valence electrons. The van der Waals surface area contributed by atoms with E-state index < -0.39 is 11.3 Å². The number of carbonyl (C=O) groups excluding carboxylic acids is 2. The van der Waals surface area contributed by atoms with E-state index >= 15 is 0 Å². The molecule has 28 heavy (non-hydrogen) atoms. The van der Waals surface area contributed by atoms with Gasteiger partial charge in [0.15, 0.2) is 5.69 Å². The van der Waals surface area contributed by atoms with Crippen LogP contribution in [0, 0.1) is 6.92 Å². The molecule has 2 aromatic carbocycles. The molecule has 0 spiro atoms. The SMILES string of the molecule is CC(=O)Nc1cccc(NC(=O)c2nn(-c3ccc(Cl)cc3)c(C)cc2=O)c1. The molecular weight excluding hydrogens is 380 g/mol. The van der Waals surface area contributed by atoms with Crippen LogP contribution in [0.15, 0.2) is 59.4 Å². The van der Waals surface area contributed by atoms with Crippen molar-refractivity contribution >= 4 is 34.8 Å². The first kappa shape index (κ1) is 19.3. The van der Waals surface area contributed by atoms with Crippen LogP contribution in [0.2, 0.25) is 5.02 Å². The molecule has 0 saturated heterocycles. The molecule has 0 aliphatic heterocycles. The molecule has 7 nitrogen and oxygen atoms in total. The van der Waals surface area contributed by atoms with Gasteiger partial charge in [0.05, 0.1) is 5.69 Å². The number of aryl methyl sites for hydroxylation is 1. The normalized spacial score (nSPS) is 10.4. The van der Waals surface area contributed by atoms with Crippen molar-refractivity contribution in [2.24, 2.45) is 0 Å². The van der Waals surface area contributed by atoms with Crippen molar-refractivity contribution in [3.8, 4) is 5.69 Å². The molecule has 0 unspecified atom stereocenters. The largest absolute Gasteiger partial charge is 0.326 e. The zero-order valence-electron chi connectivity index (χ0n) is 15.2. The van der Waals surface area contributed by atoms with Gasteiger partial charge < -0.3 is 10.6 Å². The molecule has 3 rings (SSSR count). The van der Waals surface area contributed by atoms with Gasteiger partial charge >= 0.3 is 0 Å². The van der Waals surface area contributed by atoms with Crippen LogP contribution in [0.3, 0.4) is 0 Å². The average molecular weight is 397 g/mol. The third kappa shape index (κ3) is 4.44. The number of hydrogen-bond donors (Lipinski definition) is 2. The quantitative estimate of drug-likeness (QED) is 0.706. The maximum absolute atomic E-state index is 12.6. The highest BCUT2D eigenvalue weighted by Gasteiger charge is 2.16. The molecule has 1 heterocycles. The summed E-state index contributed by atoms with van der Waals surface area (Å²) in [6.07, 6.45) is 0. The van der Waals surface area contributed by atoms with Gasteiger partial charge in [0.1, 0.15) is 0 Å². The molecule has 2 amide bonds. The zero-order valence-corrected chi connectivity index (χ0v) is 15.9. The summed E-state index contributed by atoms with van der Waals surface area (Å²) < 4.78 is 1.50. The summed E-state index contributed by atoms with van der Waals surface area (Å²) in [6, 6.07) is 14.8. The van der Waals surface area contributed by atoms with Gasteiger partial charge in [0, 0.05) is 35.1 Å². The van der Waals surface area contributed by atoms with E-state index in [0.29, 0.717) is 27.8 Å². The third-order valence-corrected chi connectivity index (χ3v) is 4.09. The van der Waals surface area contributed by atoms with Gasteiger partial charge in [0.25, 0.3) is 5.91 Å². The molecule has 0 saturated carbocycles. The zero-order chi connectivity index (χ0) is 20.3.